The van der Waals surface area contributed by atoms with E-state index in [4.69, 9.17) is 28.9 Å². The number of nitrogens with zero attached hydrogens (tertiary/aromatic N) is 2. The normalized spacial score (nSPS) is 12.6. The van der Waals surface area contributed by atoms with E-state index < -0.39 is 0 Å². The van der Waals surface area contributed by atoms with Gasteiger partial charge >= 0.3 is 0 Å². The Labute approximate surface area is 129 Å². The average molecular weight is 312 g/mol. The Balaban J connectivity index is 2.01. The van der Waals surface area contributed by atoms with Gasteiger partial charge in [0, 0.05) is 41.4 Å². The highest BCUT2D eigenvalue weighted by Crippen LogP contribution is 2.22. The van der Waals surface area contributed by atoms with Gasteiger partial charge < -0.3 is 10.3 Å². The van der Waals surface area contributed by atoms with Crippen LogP contribution in [0.4, 0.5) is 0 Å². The zero-order valence-corrected chi connectivity index (χ0v) is 13.0. The highest BCUT2D eigenvalue weighted by molar-refractivity contribution is 6.35. The average Bonchev–Trinajstić information content (AvgIpc) is 2.81. The van der Waals surface area contributed by atoms with E-state index in [2.05, 4.69) is 16.5 Å². The monoisotopic (exact) mass is 311 g/mol. The Kier molecular flexibility index (Phi) is 5.46. The lowest BCUT2D eigenvalue weighted by molar-refractivity contribution is 0.582. The molecule has 0 bridgehead atoms. The lowest BCUT2D eigenvalue weighted by Gasteiger charge is -2.14. The van der Waals surface area contributed by atoms with Crippen LogP contribution >= 0.6 is 23.2 Å². The Bertz CT molecular complexity index is 566. The Morgan fingerprint density at radius 2 is 2.10 bits per heavy atom. The molecule has 1 heterocycles. The topological polar surface area (TPSA) is 43.8 Å². The Hall–Kier alpha value is -1.03. The number of imidazole rings is 1. The summed E-state index contributed by atoms with van der Waals surface area (Å²) in [4.78, 5) is 4.38. The molecule has 0 saturated carbocycles. The Morgan fingerprint density at radius 1 is 1.30 bits per heavy atom. The first-order valence-electron chi connectivity index (χ1n) is 6.79. The molecule has 3 nitrogen and oxygen atoms in total. The van der Waals surface area contributed by atoms with E-state index >= 15 is 0 Å². The second-order valence-electron chi connectivity index (χ2n) is 4.94. The van der Waals surface area contributed by atoms with E-state index in [0.29, 0.717) is 10.0 Å². The van der Waals surface area contributed by atoms with E-state index in [-0.39, 0.29) is 6.04 Å². The summed E-state index contributed by atoms with van der Waals surface area (Å²) in [5.74, 6) is 1.03. The predicted octanol–water partition coefficient (Wildman–Crippen LogP) is 3.71. The summed E-state index contributed by atoms with van der Waals surface area (Å²) in [6, 6.07) is 5.52. The van der Waals surface area contributed by atoms with Gasteiger partial charge in [-0.05, 0) is 30.5 Å². The van der Waals surface area contributed by atoms with Gasteiger partial charge in [-0.3, -0.25) is 0 Å². The summed E-state index contributed by atoms with van der Waals surface area (Å²) in [7, 11) is 0. The number of aryl methyl sites for hydroxylation is 1. The molecule has 0 spiro atoms. The fraction of sp³-hybridized carbons (Fsp3) is 0.400. The van der Waals surface area contributed by atoms with Crippen LogP contribution in [0.2, 0.25) is 10.0 Å². The van der Waals surface area contributed by atoms with Crippen LogP contribution < -0.4 is 5.73 Å². The molecule has 0 saturated heterocycles. The quantitative estimate of drug-likeness (QED) is 0.883. The zero-order valence-electron chi connectivity index (χ0n) is 11.5. The standard InChI is InChI=1S/C15H19Cl2N3/c1-2-6-20-7-5-19-15(20)10-13(18)8-11-3-4-12(16)9-14(11)17/h3-5,7,9,13H,2,6,8,10,18H2,1H3. The number of hydrogen-bond donors (Lipinski definition) is 1. The van der Waals surface area contributed by atoms with Crippen LogP contribution in [-0.4, -0.2) is 15.6 Å². The number of benzene rings is 1. The molecule has 20 heavy (non-hydrogen) atoms. The first-order chi connectivity index (χ1) is 9.60. The van der Waals surface area contributed by atoms with Crippen molar-refractivity contribution in [2.45, 2.75) is 38.8 Å². The third-order valence-electron chi connectivity index (χ3n) is 3.21. The zero-order chi connectivity index (χ0) is 14.5. The SMILES string of the molecule is CCCn1ccnc1CC(N)Cc1ccc(Cl)cc1Cl. The maximum absolute atomic E-state index is 6.22. The van der Waals surface area contributed by atoms with Crippen molar-refractivity contribution < 1.29 is 0 Å². The van der Waals surface area contributed by atoms with Crippen molar-refractivity contribution in [1.82, 2.24) is 9.55 Å². The van der Waals surface area contributed by atoms with Gasteiger partial charge in [0.1, 0.15) is 5.82 Å². The van der Waals surface area contributed by atoms with E-state index in [1.807, 2.05) is 24.5 Å². The number of hydrogen-bond acceptors (Lipinski definition) is 2. The third kappa shape index (κ3) is 3.98. The number of aromatic nitrogens is 2. The van der Waals surface area contributed by atoms with Gasteiger partial charge in [-0.15, -0.1) is 0 Å². The fourth-order valence-corrected chi connectivity index (χ4v) is 2.74. The summed E-state index contributed by atoms with van der Waals surface area (Å²) in [5.41, 5.74) is 7.25. The molecule has 108 valence electrons. The third-order valence-corrected chi connectivity index (χ3v) is 3.80. The highest BCUT2D eigenvalue weighted by atomic mass is 35.5. The number of halogens is 2. The van der Waals surface area contributed by atoms with Gasteiger partial charge in [-0.25, -0.2) is 4.98 Å². The molecular formula is C15H19Cl2N3. The van der Waals surface area contributed by atoms with Crippen LogP contribution in [0.15, 0.2) is 30.6 Å². The van der Waals surface area contributed by atoms with E-state index in [1.165, 1.54) is 0 Å². The maximum Gasteiger partial charge on any atom is 0.110 e. The van der Waals surface area contributed by atoms with Crippen LogP contribution in [-0.2, 0) is 19.4 Å². The molecule has 1 unspecified atom stereocenters. The van der Waals surface area contributed by atoms with Crippen molar-refractivity contribution in [3.05, 3.63) is 52.0 Å². The van der Waals surface area contributed by atoms with Crippen molar-refractivity contribution in [3.8, 4) is 0 Å². The van der Waals surface area contributed by atoms with Gasteiger partial charge in [0.2, 0.25) is 0 Å². The fourth-order valence-electron chi connectivity index (χ4n) is 2.25. The molecular weight excluding hydrogens is 293 g/mol. The molecule has 0 amide bonds. The second-order valence-corrected chi connectivity index (χ2v) is 5.78. The van der Waals surface area contributed by atoms with Crippen LogP contribution in [0.1, 0.15) is 24.7 Å². The predicted molar refractivity (Wildman–Crippen MR) is 84.4 cm³/mol. The van der Waals surface area contributed by atoms with Crippen LogP contribution in [0.5, 0.6) is 0 Å². The van der Waals surface area contributed by atoms with E-state index in [1.54, 1.807) is 6.07 Å². The summed E-state index contributed by atoms with van der Waals surface area (Å²) in [6.07, 6.45) is 6.37. The van der Waals surface area contributed by atoms with Gasteiger partial charge in [0.25, 0.3) is 0 Å². The molecule has 0 aliphatic rings. The first-order valence-corrected chi connectivity index (χ1v) is 7.55. The smallest absolute Gasteiger partial charge is 0.110 e. The van der Waals surface area contributed by atoms with Crippen LogP contribution in [0.25, 0.3) is 0 Å². The van der Waals surface area contributed by atoms with Gasteiger partial charge in [0.05, 0.1) is 0 Å². The molecule has 0 radical (unpaired) electrons. The number of rotatable bonds is 6. The van der Waals surface area contributed by atoms with Gasteiger partial charge in [0.15, 0.2) is 0 Å². The molecule has 1 atom stereocenters. The summed E-state index contributed by atoms with van der Waals surface area (Å²) >= 11 is 12.1. The van der Waals surface area contributed by atoms with E-state index in [9.17, 15) is 0 Å². The van der Waals surface area contributed by atoms with Crippen molar-refractivity contribution in [3.63, 3.8) is 0 Å². The minimum Gasteiger partial charge on any atom is -0.335 e. The van der Waals surface area contributed by atoms with Crippen molar-refractivity contribution in [2.75, 3.05) is 0 Å². The summed E-state index contributed by atoms with van der Waals surface area (Å²) in [6.45, 7) is 3.13. The molecule has 2 N–H and O–H groups in total. The van der Waals surface area contributed by atoms with Gasteiger partial charge in [-0.1, -0.05) is 36.2 Å². The largest absolute Gasteiger partial charge is 0.335 e. The van der Waals surface area contributed by atoms with Crippen LogP contribution in [0.3, 0.4) is 0 Å². The van der Waals surface area contributed by atoms with Crippen LogP contribution in [0, 0.1) is 0 Å². The lowest BCUT2D eigenvalue weighted by Crippen LogP contribution is -2.27. The van der Waals surface area contributed by atoms with Crippen molar-refractivity contribution >= 4 is 23.2 Å². The summed E-state index contributed by atoms with van der Waals surface area (Å²) < 4.78 is 2.16. The molecule has 0 aliphatic carbocycles. The van der Waals surface area contributed by atoms with Crippen molar-refractivity contribution in [1.29, 1.82) is 0 Å². The molecule has 1 aromatic carbocycles. The highest BCUT2D eigenvalue weighted by Gasteiger charge is 2.12. The summed E-state index contributed by atoms with van der Waals surface area (Å²) in [5, 5.41) is 1.32. The molecule has 1 aromatic heterocycles. The Morgan fingerprint density at radius 3 is 2.80 bits per heavy atom. The molecule has 2 rings (SSSR count). The lowest BCUT2D eigenvalue weighted by atomic mass is 10.0. The molecule has 5 heteroatoms. The molecule has 0 fully saturated rings. The van der Waals surface area contributed by atoms with E-state index in [0.717, 1.165) is 37.2 Å². The maximum atomic E-state index is 6.22. The van der Waals surface area contributed by atoms with Crippen molar-refractivity contribution in [2.24, 2.45) is 5.73 Å². The molecule has 0 aliphatic heterocycles. The number of nitrogens with two attached hydrogens (primary N) is 1. The minimum atomic E-state index is -0.00770. The minimum absolute atomic E-state index is 0.00770. The second kappa shape index (κ2) is 7.11. The molecule has 2 aromatic rings. The van der Waals surface area contributed by atoms with Gasteiger partial charge in [-0.2, -0.15) is 0 Å². The first kappa shape index (κ1) is 15.4.